The topological polar surface area (TPSA) is 76.7 Å². The Morgan fingerprint density at radius 3 is 3.21 bits per heavy atom. The van der Waals surface area contributed by atoms with Crippen LogP contribution in [-0.2, 0) is 0 Å². The first-order valence-corrected chi connectivity index (χ1v) is 5.28. The average molecular weight is 209 g/mol. The molecule has 0 atom stereocenters. The van der Waals surface area contributed by atoms with Gasteiger partial charge in [-0.05, 0) is 13.0 Å². The van der Waals surface area contributed by atoms with E-state index in [1.165, 1.54) is 11.3 Å². The maximum Gasteiger partial charge on any atom is 0.224 e. The molecule has 6 heteroatoms. The number of anilines is 1. The van der Waals surface area contributed by atoms with Crippen molar-refractivity contribution < 1.29 is 0 Å². The van der Waals surface area contributed by atoms with Crippen molar-refractivity contribution in [2.75, 3.05) is 18.4 Å². The van der Waals surface area contributed by atoms with E-state index in [0.717, 1.165) is 23.3 Å². The molecule has 2 aromatic heterocycles. The Balaban J connectivity index is 2.10. The van der Waals surface area contributed by atoms with E-state index in [1.807, 2.05) is 0 Å². The zero-order valence-corrected chi connectivity index (χ0v) is 8.42. The van der Waals surface area contributed by atoms with Crippen molar-refractivity contribution in [1.29, 1.82) is 0 Å². The summed E-state index contributed by atoms with van der Waals surface area (Å²) in [6.07, 6.45) is 2.65. The summed E-state index contributed by atoms with van der Waals surface area (Å²) in [7, 11) is 0. The van der Waals surface area contributed by atoms with Gasteiger partial charge in [-0.1, -0.05) is 0 Å². The van der Waals surface area contributed by atoms with Gasteiger partial charge in [-0.2, -0.15) is 0 Å². The van der Waals surface area contributed by atoms with Gasteiger partial charge in [0.2, 0.25) is 5.95 Å². The van der Waals surface area contributed by atoms with Crippen LogP contribution >= 0.6 is 11.3 Å². The third-order valence-corrected chi connectivity index (χ3v) is 2.49. The van der Waals surface area contributed by atoms with Crippen LogP contribution in [-0.4, -0.2) is 28.0 Å². The van der Waals surface area contributed by atoms with E-state index in [-0.39, 0.29) is 0 Å². The average Bonchev–Trinajstić information content (AvgIpc) is 2.65. The normalized spacial score (nSPS) is 10.6. The molecule has 14 heavy (non-hydrogen) atoms. The Labute approximate surface area is 85.4 Å². The predicted molar refractivity (Wildman–Crippen MR) is 57.4 cm³/mol. The second-order valence-electron chi connectivity index (χ2n) is 2.81. The van der Waals surface area contributed by atoms with Crippen LogP contribution in [0, 0.1) is 0 Å². The van der Waals surface area contributed by atoms with Crippen LogP contribution in [0.25, 0.3) is 10.3 Å². The highest BCUT2D eigenvalue weighted by Crippen LogP contribution is 2.14. The van der Waals surface area contributed by atoms with Crippen molar-refractivity contribution in [2.45, 2.75) is 6.42 Å². The number of thiazole rings is 1. The molecule has 2 rings (SSSR count). The van der Waals surface area contributed by atoms with E-state index < -0.39 is 0 Å². The van der Waals surface area contributed by atoms with Crippen molar-refractivity contribution in [3.63, 3.8) is 0 Å². The number of hydrogen-bond donors (Lipinski definition) is 2. The second kappa shape index (κ2) is 4.30. The number of aromatic nitrogens is 3. The molecule has 0 unspecified atom stereocenters. The largest absolute Gasteiger partial charge is 0.354 e. The van der Waals surface area contributed by atoms with Gasteiger partial charge in [-0.15, -0.1) is 11.3 Å². The molecule has 0 spiro atoms. The van der Waals surface area contributed by atoms with Crippen LogP contribution in [0.1, 0.15) is 6.42 Å². The summed E-state index contributed by atoms with van der Waals surface area (Å²) < 4.78 is 0. The van der Waals surface area contributed by atoms with Crippen LogP contribution in [0.5, 0.6) is 0 Å². The van der Waals surface area contributed by atoms with Gasteiger partial charge < -0.3 is 11.1 Å². The van der Waals surface area contributed by atoms with E-state index >= 15 is 0 Å². The summed E-state index contributed by atoms with van der Waals surface area (Å²) in [4.78, 5) is 13.4. The molecular formula is C8H11N5S. The van der Waals surface area contributed by atoms with E-state index in [1.54, 1.807) is 11.7 Å². The summed E-state index contributed by atoms with van der Waals surface area (Å²) in [6, 6.07) is 0. The van der Waals surface area contributed by atoms with E-state index in [2.05, 4.69) is 20.3 Å². The first-order chi connectivity index (χ1) is 6.90. The minimum absolute atomic E-state index is 0.648. The minimum Gasteiger partial charge on any atom is -0.354 e. The van der Waals surface area contributed by atoms with Crippen molar-refractivity contribution in [1.82, 2.24) is 15.0 Å². The number of nitrogens with two attached hydrogens (primary N) is 1. The first-order valence-electron chi connectivity index (χ1n) is 4.40. The molecule has 0 radical (unpaired) electrons. The van der Waals surface area contributed by atoms with Gasteiger partial charge in [-0.25, -0.2) is 15.0 Å². The van der Waals surface area contributed by atoms with E-state index in [9.17, 15) is 0 Å². The Morgan fingerprint density at radius 2 is 2.36 bits per heavy atom. The molecular weight excluding hydrogens is 198 g/mol. The lowest BCUT2D eigenvalue weighted by Gasteiger charge is -2.01. The molecule has 2 heterocycles. The van der Waals surface area contributed by atoms with Gasteiger partial charge in [0.1, 0.15) is 10.3 Å². The predicted octanol–water partition coefficient (Wildman–Crippen LogP) is 0.847. The lowest BCUT2D eigenvalue weighted by Crippen LogP contribution is -2.10. The molecule has 0 aromatic carbocycles. The molecule has 74 valence electrons. The molecule has 0 bridgehead atoms. The zero-order valence-electron chi connectivity index (χ0n) is 7.60. The maximum atomic E-state index is 5.38. The number of nitrogens with one attached hydrogen (secondary N) is 1. The van der Waals surface area contributed by atoms with Crippen LogP contribution in [0.15, 0.2) is 11.7 Å². The van der Waals surface area contributed by atoms with Crippen LogP contribution in [0.4, 0.5) is 5.95 Å². The second-order valence-corrected chi connectivity index (χ2v) is 3.64. The van der Waals surface area contributed by atoms with Crippen molar-refractivity contribution in [3.05, 3.63) is 11.7 Å². The Kier molecular flexibility index (Phi) is 2.85. The lowest BCUT2D eigenvalue weighted by atomic mass is 10.4. The van der Waals surface area contributed by atoms with Crippen molar-refractivity contribution >= 4 is 27.6 Å². The number of nitrogens with zero attached hydrogens (tertiary/aromatic N) is 3. The van der Waals surface area contributed by atoms with Gasteiger partial charge in [0.05, 0.1) is 11.7 Å². The fourth-order valence-electron chi connectivity index (χ4n) is 1.06. The molecule has 0 fully saturated rings. The molecule has 2 aromatic rings. The van der Waals surface area contributed by atoms with E-state index in [4.69, 9.17) is 5.73 Å². The molecule has 0 aliphatic carbocycles. The molecule has 5 nitrogen and oxygen atoms in total. The highest BCUT2D eigenvalue weighted by molar-refractivity contribution is 7.16. The third-order valence-electron chi connectivity index (χ3n) is 1.76. The number of hydrogen-bond acceptors (Lipinski definition) is 6. The highest BCUT2D eigenvalue weighted by atomic mass is 32.1. The smallest absolute Gasteiger partial charge is 0.224 e. The Morgan fingerprint density at radius 1 is 1.43 bits per heavy atom. The minimum atomic E-state index is 0.648. The summed E-state index contributed by atoms with van der Waals surface area (Å²) in [5.74, 6) is 0.648. The van der Waals surface area contributed by atoms with Gasteiger partial charge in [-0.3, -0.25) is 0 Å². The quantitative estimate of drug-likeness (QED) is 0.730. The standard InChI is InChI=1S/C8H11N5S/c9-2-1-3-10-8-11-4-6-7(13-8)14-5-12-6/h4-5H,1-3,9H2,(H,10,11,13). The lowest BCUT2D eigenvalue weighted by molar-refractivity contribution is 0.865. The molecule has 3 N–H and O–H groups in total. The fourth-order valence-corrected chi connectivity index (χ4v) is 1.69. The molecule has 0 amide bonds. The van der Waals surface area contributed by atoms with Crippen LogP contribution in [0.3, 0.4) is 0 Å². The third kappa shape index (κ3) is 1.97. The molecule has 0 saturated heterocycles. The van der Waals surface area contributed by atoms with E-state index in [0.29, 0.717) is 12.5 Å². The SMILES string of the molecule is NCCCNc1ncc2ncsc2n1. The summed E-state index contributed by atoms with van der Waals surface area (Å²) in [5.41, 5.74) is 7.99. The first kappa shape index (κ1) is 9.29. The van der Waals surface area contributed by atoms with Gasteiger partial charge in [0, 0.05) is 6.54 Å². The molecule has 0 saturated carbocycles. The summed E-state index contributed by atoms with van der Waals surface area (Å²) >= 11 is 1.51. The Bertz CT molecular complexity index is 413. The van der Waals surface area contributed by atoms with Crippen LogP contribution < -0.4 is 11.1 Å². The number of rotatable bonds is 4. The summed E-state index contributed by atoms with van der Waals surface area (Å²) in [5, 5.41) is 3.10. The fraction of sp³-hybridized carbons (Fsp3) is 0.375. The van der Waals surface area contributed by atoms with Gasteiger partial charge in [0.15, 0.2) is 0 Å². The van der Waals surface area contributed by atoms with Crippen molar-refractivity contribution in [2.24, 2.45) is 5.73 Å². The van der Waals surface area contributed by atoms with Crippen LogP contribution in [0.2, 0.25) is 0 Å². The Hall–Kier alpha value is -1.27. The monoisotopic (exact) mass is 209 g/mol. The van der Waals surface area contributed by atoms with Gasteiger partial charge >= 0.3 is 0 Å². The highest BCUT2D eigenvalue weighted by Gasteiger charge is 2.00. The maximum absolute atomic E-state index is 5.38. The van der Waals surface area contributed by atoms with Crippen molar-refractivity contribution in [3.8, 4) is 0 Å². The number of fused-ring (bicyclic) bond motifs is 1. The van der Waals surface area contributed by atoms with Gasteiger partial charge in [0.25, 0.3) is 0 Å². The molecule has 0 aliphatic rings. The molecule has 0 aliphatic heterocycles. The zero-order chi connectivity index (χ0) is 9.80. The summed E-state index contributed by atoms with van der Waals surface area (Å²) in [6.45, 7) is 1.48.